The molecule has 0 saturated heterocycles. The number of hydrogen-bond donors (Lipinski definition) is 1. The molecule has 0 bridgehead atoms. The highest BCUT2D eigenvalue weighted by atomic mass is 16.5. The van der Waals surface area contributed by atoms with E-state index in [4.69, 9.17) is 4.74 Å². The number of amides is 2. The summed E-state index contributed by atoms with van der Waals surface area (Å²) in [4.78, 5) is 39.7. The summed E-state index contributed by atoms with van der Waals surface area (Å²) in [6.07, 6.45) is 2.43. The van der Waals surface area contributed by atoms with Crippen molar-refractivity contribution in [3.05, 3.63) is 65.7 Å². The van der Waals surface area contributed by atoms with Crippen LogP contribution < -0.4 is 10.2 Å². The summed E-state index contributed by atoms with van der Waals surface area (Å²) in [5.41, 5.74) is 2.71. The van der Waals surface area contributed by atoms with Crippen molar-refractivity contribution in [2.24, 2.45) is 5.92 Å². The lowest BCUT2D eigenvalue weighted by atomic mass is 10.0. The second-order valence-electron chi connectivity index (χ2n) is 8.31. The lowest BCUT2D eigenvalue weighted by molar-refractivity contribution is -0.149. The predicted octanol–water partition coefficient (Wildman–Crippen LogP) is 3.63. The van der Waals surface area contributed by atoms with Gasteiger partial charge in [-0.05, 0) is 42.4 Å². The fraction of sp³-hybridized carbons (Fsp3) is 0.400. The molecule has 0 unspecified atom stereocenters. The Balaban J connectivity index is 1.66. The van der Waals surface area contributed by atoms with Crippen LogP contribution >= 0.6 is 0 Å². The molecule has 0 aliphatic carbocycles. The van der Waals surface area contributed by atoms with Gasteiger partial charge in [0.05, 0.1) is 0 Å². The molecule has 0 radical (unpaired) electrons. The van der Waals surface area contributed by atoms with E-state index in [2.05, 4.69) is 5.32 Å². The summed E-state index contributed by atoms with van der Waals surface area (Å²) in [5.74, 6) is -0.719. The fourth-order valence-corrected chi connectivity index (χ4v) is 3.76. The van der Waals surface area contributed by atoms with Gasteiger partial charge in [-0.3, -0.25) is 9.59 Å². The summed E-state index contributed by atoms with van der Waals surface area (Å²) in [6.45, 7) is 4.01. The SMILES string of the molecule is CC(C)C[C@H](NC(=O)CN1C(=O)CCCc2ccccc21)C(=O)OCc1ccccc1. The zero-order valence-corrected chi connectivity index (χ0v) is 18.2. The van der Waals surface area contributed by atoms with Gasteiger partial charge in [0.2, 0.25) is 11.8 Å². The summed E-state index contributed by atoms with van der Waals surface area (Å²) in [7, 11) is 0. The Bertz CT molecular complexity index is 911. The summed E-state index contributed by atoms with van der Waals surface area (Å²) in [5, 5.41) is 2.80. The van der Waals surface area contributed by atoms with Crippen LogP contribution in [0.25, 0.3) is 0 Å². The second-order valence-corrected chi connectivity index (χ2v) is 8.31. The summed E-state index contributed by atoms with van der Waals surface area (Å²) >= 11 is 0. The van der Waals surface area contributed by atoms with Gasteiger partial charge in [-0.25, -0.2) is 4.79 Å². The number of hydrogen-bond acceptors (Lipinski definition) is 4. The van der Waals surface area contributed by atoms with Crippen molar-refractivity contribution in [3.63, 3.8) is 0 Å². The average molecular weight is 423 g/mol. The molecule has 3 rings (SSSR count). The highest BCUT2D eigenvalue weighted by Gasteiger charge is 2.28. The first-order valence-electron chi connectivity index (χ1n) is 10.8. The number of esters is 1. The lowest BCUT2D eigenvalue weighted by Gasteiger charge is -2.25. The molecule has 0 saturated carbocycles. The van der Waals surface area contributed by atoms with Crippen LogP contribution in [0.3, 0.4) is 0 Å². The molecule has 6 nitrogen and oxygen atoms in total. The maximum absolute atomic E-state index is 12.8. The largest absolute Gasteiger partial charge is 0.459 e. The van der Waals surface area contributed by atoms with Gasteiger partial charge in [-0.2, -0.15) is 0 Å². The summed E-state index contributed by atoms with van der Waals surface area (Å²) < 4.78 is 5.45. The molecule has 6 heteroatoms. The number of fused-ring (bicyclic) bond motifs is 1. The Morgan fingerprint density at radius 3 is 2.48 bits per heavy atom. The van der Waals surface area contributed by atoms with E-state index in [0.29, 0.717) is 12.8 Å². The van der Waals surface area contributed by atoms with Crippen LogP contribution in [0.4, 0.5) is 5.69 Å². The topological polar surface area (TPSA) is 75.7 Å². The zero-order chi connectivity index (χ0) is 22.2. The van der Waals surface area contributed by atoms with Crippen molar-refractivity contribution >= 4 is 23.5 Å². The van der Waals surface area contributed by atoms with Crippen molar-refractivity contribution in [1.82, 2.24) is 5.32 Å². The van der Waals surface area contributed by atoms with E-state index in [0.717, 1.165) is 29.7 Å². The first-order valence-corrected chi connectivity index (χ1v) is 10.8. The Morgan fingerprint density at radius 1 is 1.03 bits per heavy atom. The molecule has 1 aliphatic rings. The van der Waals surface area contributed by atoms with E-state index in [9.17, 15) is 14.4 Å². The van der Waals surface area contributed by atoms with Crippen LogP contribution in [0.15, 0.2) is 54.6 Å². The monoisotopic (exact) mass is 422 g/mol. The molecule has 1 aliphatic heterocycles. The van der Waals surface area contributed by atoms with E-state index in [1.807, 2.05) is 68.4 Å². The molecule has 0 aromatic heterocycles. The number of rotatable bonds is 8. The quantitative estimate of drug-likeness (QED) is 0.659. The second kappa shape index (κ2) is 10.8. The number of anilines is 1. The van der Waals surface area contributed by atoms with Crippen LogP contribution in [0.1, 0.15) is 44.2 Å². The Morgan fingerprint density at radius 2 is 1.74 bits per heavy atom. The smallest absolute Gasteiger partial charge is 0.328 e. The van der Waals surface area contributed by atoms with E-state index in [-0.39, 0.29) is 30.9 Å². The van der Waals surface area contributed by atoms with Crippen LogP contribution in [-0.4, -0.2) is 30.4 Å². The molecule has 164 valence electrons. The third-order valence-corrected chi connectivity index (χ3v) is 5.27. The summed E-state index contributed by atoms with van der Waals surface area (Å²) in [6, 6.07) is 16.3. The van der Waals surface area contributed by atoms with Crippen molar-refractivity contribution in [1.29, 1.82) is 0 Å². The van der Waals surface area contributed by atoms with E-state index in [1.165, 1.54) is 4.90 Å². The van der Waals surface area contributed by atoms with Crippen molar-refractivity contribution in [2.45, 2.75) is 52.2 Å². The fourth-order valence-electron chi connectivity index (χ4n) is 3.76. The molecular weight excluding hydrogens is 392 g/mol. The van der Waals surface area contributed by atoms with Gasteiger partial charge in [0.25, 0.3) is 0 Å². The van der Waals surface area contributed by atoms with Gasteiger partial charge < -0.3 is 15.0 Å². The minimum absolute atomic E-state index is 0.0767. The van der Waals surface area contributed by atoms with Gasteiger partial charge in [0, 0.05) is 12.1 Å². The standard InChI is InChI=1S/C25H30N2O4/c1-18(2)15-21(25(30)31-17-19-9-4-3-5-10-19)26-23(28)16-27-22-13-7-6-11-20(22)12-8-14-24(27)29/h3-7,9-11,13,18,21H,8,12,14-17H2,1-2H3,(H,26,28)/t21-/m0/s1. The Kier molecular flexibility index (Phi) is 7.82. The first kappa shape index (κ1) is 22.5. The molecule has 2 aromatic carbocycles. The molecule has 1 heterocycles. The molecule has 1 atom stereocenters. The number of benzene rings is 2. The van der Waals surface area contributed by atoms with Crippen molar-refractivity contribution < 1.29 is 19.1 Å². The number of para-hydroxylation sites is 1. The minimum atomic E-state index is -0.756. The number of nitrogens with one attached hydrogen (secondary N) is 1. The van der Waals surface area contributed by atoms with Crippen molar-refractivity contribution in [3.8, 4) is 0 Å². The lowest BCUT2D eigenvalue weighted by Crippen LogP contribution is -2.48. The van der Waals surface area contributed by atoms with Gasteiger partial charge in [0.15, 0.2) is 0 Å². The van der Waals surface area contributed by atoms with Crippen LogP contribution in [0.5, 0.6) is 0 Å². The zero-order valence-electron chi connectivity index (χ0n) is 18.2. The molecule has 2 aromatic rings. The van der Waals surface area contributed by atoms with Crippen LogP contribution in [0.2, 0.25) is 0 Å². The third kappa shape index (κ3) is 6.41. The highest BCUT2D eigenvalue weighted by Crippen LogP contribution is 2.26. The van der Waals surface area contributed by atoms with Gasteiger partial charge in [-0.15, -0.1) is 0 Å². The van der Waals surface area contributed by atoms with E-state index in [1.54, 1.807) is 0 Å². The number of ether oxygens (including phenoxy) is 1. The molecule has 1 N–H and O–H groups in total. The van der Waals surface area contributed by atoms with Gasteiger partial charge in [-0.1, -0.05) is 62.4 Å². The van der Waals surface area contributed by atoms with Crippen molar-refractivity contribution in [2.75, 3.05) is 11.4 Å². The average Bonchev–Trinajstić information content (AvgIpc) is 2.91. The molecular formula is C25H30N2O4. The minimum Gasteiger partial charge on any atom is -0.459 e. The first-order chi connectivity index (χ1) is 14.9. The maximum atomic E-state index is 12.8. The van der Waals surface area contributed by atoms with E-state index < -0.39 is 12.0 Å². The number of carbonyl (C=O) groups is 3. The van der Waals surface area contributed by atoms with Crippen LogP contribution in [0, 0.1) is 5.92 Å². The van der Waals surface area contributed by atoms with E-state index >= 15 is 0 Å². The maximum Gasteiger partial charge on any atom is 0.328 e. The third-order valence-electron chi connectivity index (χ3n) is 5.27. The number of carbonyl (C=O) groups excluding carboxylic acids is 3. The van der Waals surface area contributed by atoms with Gasteiger partial charge in [0.1, 0.15) is 19.2 Å². The van der Waals surface area contributed by atoms with Crippen LogP contribution in [-0.2, 0) is 32.1 Å². The molecule has 0 spiro atoms. The molecule has 0 fully saturated rings. The molecule has 31 heavy (non-hydrogen) atoms. The number of aryl methyl sites for hydroxylation is 1. The number of nitrogens with zero attached hydrogens (tertiary/aromatic N) is 1. The Hall–Kier alpha value is -3.15. The van der Waals surface area contributed by atoms with Gasteiger partial charge >= 0.3 is 5.97 Å². The predicted molar refractivity (Wildman–Crippen MR) is 119 cm³/mol. The Labute approximate surface area is 183 Å². The highest BCUT2D eigenvalue weighted by molar-refractivity contribution is 6.00. The molecule has 2 amide bonds. The normalized spacial score (nSPS) is 14.5.